The maximum Gasteiger partial charge on any atom is 0.0983 e. The van der Waals surface area contributed by atoms with E-state index in [9.17, 15) is 0 Å². The molecule has 1 aliphatic rings. The van der Waals surface area contributed by atoms with Crippen molar-refractivity contribution in [2.75, 3.05) is 33.7 Å². The molecule has 1 aliphatic heterocycles. The fourth-order valence-corrected chi connectivity index (χ4v) is 2.72. The molecule has 0 aliphatic carbocycles. The SMILES string of the molecule is C[NH+]1CCC([NH+](C)C/C=C/c2ccccc2)CC1. The van der Waals surface area contributed by atoms with Gasteiger partial charge in [0.05, 0.1) is 39.8 Å². The monoisotopic (exact) mass is 246 g/mol. The third-order valence-corrected chi connectivity index (χ3v) is 4.09. The van der Waals surface area contributed by atoms with E-state index >= 15 is 0 Å². The Morgan fingerprint density at radius 3 is 2.56 bits per heavy atom. The summed E-state index contributed by atoms with van der Waals surface area (Å²) in [5.74, 6) is 0. The molecule has 1 heterocycles. The summed E-state index contributed by atoms with van der Waals surface area (Å²) in [4.78, 5) is 3.36. The molecule has 1 atom stereocenters. The number of likely N-dealkylation sites (N-methyl/N-ethyl adjacent to an activating group) is 1. The van der Waals surface area contributed by atoms with Crippen molar-refractivity contribution in [3.63, 3.8) is 0 Å². The molecule has 1 aromatic rings. The summed E-state index contributed by atoms with van der Waals surface area (Å²) < 4.78 is 0. The summed E-state index contributed by atoms with van der Waals surface area (Å²) in [6.45, 7) is 3.81. The molecular weight excluding hydrogens is 220 g/mol. The van der Waals surface area contributed by atoms with Crippen LogP contribution in [-0.2, 0) is 0 Å². The van der Waals surface area contributed by atoms with Crippen LogP contribution in [0.3, 0.4) is 0 Å². The molecule has 0 bridgehead atoms. The van der Waals surface area contributed by atoms with Crippen LogP contribution >= 0.6 is 0 Å². The molecule has 1 unspecified atom stereocenters. The zero-order chi connectivity index (χ0) is 12.8. The van der Waals surface area contributed by atoms with E-state index in [1.165, 1.54) is 31.5 Å². The van der Waals surface area contributed by atoms with Crippen molar-refractivity contribution in [2.24, 2.45) is 0 Å². The van der Waals surface area contributed by atoms with E-state index in [0.29, 0.717) is 0 Å². The minimum absolute atomic E-state index is 0.856. The third-order valence-electron chi connectivity index (χ3n) is 4.09. The Morgan fingerprint density at radius 2 is 1.89 bits per heavy atom. The van der Waals surface area contributed by atoms with Crippen LogP contribution in [0.1, 0.15) is 18.4 Å². The van der Waals surface area contributed by atoms with E-state index in [2.05, 4.69) is 56.6 Å². The Balaban J connectivity index is 1.78. The Hall–Kier alpha value is -1.12. The molecule has 18 heavy (non-hydrogen) atoms. The first-order valence-electron chi connectivity index (χ1n) is 7.11. The first-order valence-corrected chi connectivity index (χ1v) is 7.11. The lowest BCUT2D eigenvalue weighted by molar-refractivity contribution is -0.936. The van der Waals surface area contributed by atoms with Gasteiger partial charge in [-0.05, 0) is 11.6 Å². The summed E-state index contributed by atoms with van der Waals surface area (Å²) in [7, 11) is 4.64. The van der Waals surface area contributed by atoms with Gasteiger partial charge in [0.25, 0.3) is 0 Å². The van der Waals surface area contributed by atoms with Crippen LogP contribution in [-0.4, -0.2) is 39.8 Å². The number of piperidine rings is 1. The van der Waals surface area contributed by atoms with Crippen LogP contribution in [0.4, 0.5) is 0 Å². The Morgan fingerprint density at radius 1 is 1.22 bits per heavy atom. The topological polar surface area (TPSA) is 8.88 Å². The summed E-state index contributed by atoms with van der Waals surface area (Å²) in [5.41, 5.74) is 1.30. The van der Waals surface area contributed by atoms with Crippen LogP contribution in [0.25, 0.3) is 6.08 Å². The Kier molecular flexibility index (Phi) is 4.97. The molecule has 2 rings (SSSR count). The number of rotatable bonds is 4. The molecule has 0 saturated carbocycles. The fraction of sp³-hybridized carbons (Fsp3) is 0.500. The van der Waals surface area contributed by atoms with Gasteiger partial charge in [0, 0.05) is 12.8 Å². The number of nitrogens with one attached hydrogen (secondary N) is 2. The van der Waals surface area contributed by atoms with Crippen molar-refractivity contribution in [1.29, 1.82) is 0 Å². The van der Waals surface area contributed by atoms with Crippen molar-refractivity contribution < 1.29 is 9.80 Å². The van der Waals surface area contributed by atoms with Crippen molar-refractivity contribution in [3.05, 3.63) is 42.0 Å². The van der Waals surface area contributed by atoms with Gasteiger partial charge in [-0.2, -0.15) is 0 Å². The maximum absolute atomic E-state index is 2.33. The van der Waals surface area contributed by atoms with Gasteiger partial charge >= 0.3 is 0 Å². The minimum Gasteiger partial charge on any atom is -0.337 e. The number of quaternary nitrogens is 2. The second kappa shape index (κ2) is 6.72. The lowest BCUT2D eigenvalue weighted by atomic mass is 10.0. The van der Waals surface area contributed by atoms with Gasteiger partial charge in [0.15, 0.2) is 0 Å². The number of hydrogen-bond acceptors (Lipinski definition) is 0. The molecule has 2 N–H and O–H groups in total. The second-order valence-electron chi connectivity index (χ2n) is 5.59. The first-order chi connectivity index (χ1) is 8.75. The average molecular weight is 246 g/mol. The van der Waals surface area contributed by atoms with Gasteiger partial charge in [-0.25, -0.2) is 0 Å². The normalized spacial score (nSPS) is 26.3. The predicted molar refractivity (Wildman–Crippen MR) is 76.9 cm³/mol. The molecule has 0 aromatic heterocycles. The second-order valence-corrected chi connectivity index (χ2v) is 5.59. The first kappa shape index (κ1) is 13.3. The van der Waals surface area contributed by atoms with Crippen LogP contribution < -0.4 is 9.80 Å². The van der Waals surface area contributed by atoms with Gasteiger partial charge in [0.1, 0.15) is 0 Å². The zero-order valence-electron chi connectivity index (χ0n) is 11.7. The highest BCUT2D eigenvalue weighted by Crippen LogP contribution is 2.00. The van der Waals surface area contributed by atoms with E-state index in [4.69, 9.17) is 0 Å². The molecule has 2 nitrogen and oxygen atoms in total. The van der Waals surface area contributed by atoms with Crippen molar-refractivity contribution >= 4 is 6.08 Å². The van der Waals surface area contributed by atoms with Gasteiger partial charge in [-0.15, -0.1) is 0 Å². The molecule has 0 radical (unpaired) electrons. The third kappa shape index (κ3) is 3.97. The molecule has 98 valence electrons. The highest BCUT2D eigenvalue weighted by molar-refractivity contribution is 5.48. The van der Waals surface area contributed by atoms with E-state index in [1.54, 1.807) is 9.80 Å². The lowest BCUT2D eigenvalue weighted by Gasteiger charge is -2.30. The molecule has 1 fully saturated rings. The number of benzene rings is 1. The van der Waals surface area contributed by atoms with Crippen LogP contribution in [0, 0.1) is 0 Å². The van der Waals surface area contributed by atoms with Crippen LogP contribution in [0.2, 0.25) is 0 Å². The van der Waals surface area contributed by atoms with Crippen LogP contribution in [0.5, 0.6) is 0 Å². The molecule has 1 aromatic carbocycles. The molecule has 0 spiro atoms. The fourth-order valence-electron chi connectivity index (χ4n) is 2.72. The van der Waals surface area contributed by atoms with Crippen molar-refractivity contribution in [1.82, 2.24) is 0 Å². The molecular formula is C16H26N2+2. The van der Waals surface area contributed by atoms with Gasteiger partial charge in [-0.1, -0.05) is 36.4 Å². The average Bonchev–Trinajstić information content (AvgIpc) is 2.40. The highest BCUT2D eigenvalue weighted by atomic mass is 15.2. The van der Waals surface area contributed by atoms with E-state index in [0.717, 1.165) is 12.6 Å². The van der Waals surface area contributed by atoms with Gasteiger partial charge < -0.3 is 9.80 Å². The summed E-state index contributed by atoms with van der Waals surface area (Å²) in [5, 5.41) is 0. The number of hydrogen-bond donors (Lipinski definition) is 2. The minimum atomic E-state index is 0.856. The summed E-state index contributed by atoms with van der Waals surface area (Å²) in [6, 6.07) is 11.4. The number of likely N-dealkylation sites (tertiary alicyclic amines) is 1. The van der Waals surface area contributed by atoms with E-state index < -0.39 is 0 Å². The van der Waals surface area contributed by atoms with Crippen LogP contribution in [0.15, 0.2) is 36.4 Å². The van der Waals surface area contributed by atoms with Gasteiger partial charge in [0.2, 0.25) is 0 Å². The molecule has 2 heteroatoms. The van der Waals surface area contributed by atoms with E-state index in [1.807, 2.05) is 0 Å². The van der Waals surface area contributed by atoms with Gasteiger partial charge in [-0.3, -0.25) is 0 Å². The predicted octanol–water partition coefficient (Wildman–Crippen LogP) is -0.108. The standard InChI is InChI=1S/C16H24N2/c1-17-13-10-16(11-14-17)18(2)12-6-9-15-7-4-3-5-8-15/h3-9,16H,10-14H2,1-2H3/p+2/b9-6+. The smallest absolute Gasteiger partial charge is 0.0983 e. The quantitative estimate of drug-likeness (QED) is 0.734. The molecule has 1 saturated heterocycles. The lowest BCUT2D eigenvalue weighted by Crippen LogP contribution is -3.18. The largest absolute Gasteiger partial charge is 0.337 e. The van der Waals surface area contributed by atoms with E-state index in [-0.39, 0.29) is 0 Å². The molecule has 0 amide bonds. The zero-order valence-corrected chi connectivity index (χ0v) is 11.7. The highest BCUT2D eigenvalue weighted by Gasteiger charge is 2.24. The summed E-state index contributed by atoms with van der Waals surface area (Å²) in [6.07, 6.45) is 7.30. The van der Waals surface area contributed by atoms with Crippen molar-refractivity contribution in [2.45, 2.75) is 18.9 Å². The summed E-state index contributed by atoms with van der Waals surface area (Å²) >= 11 is 0. The maximum atomic E-state index is 2.33. The Labute approximate surface area is 111 Å². The van der Waals surface area contributed by atoms with Crippen molar-refractivity contribution in [3.8, 4) is 0 Å². The Bertz CT molecular complexity index is 364.